The molecule has 0 saturated carbocycles. The van der Waals surface area contributed by atoms with E-state index >= 15 is 0 Å². The van der Waals surface area contributed by atoms with Gasteiger partial charge in [-0.2, -0.15) is 0 Å². The molecule has 2 heterocycles. The minimum absolute atomic E-state index is 0.0168. The molecule has 202 valence electrons. The lowest BCUT2D eigenvalue weighted by Gasteiger charge is -2.28. The fraction of sp³-hybridized carbons (Fsp3) is 0.290. The zero-order valence-electron chi connectivity index (χ0n) is 22.0. The first-order valence-corrected chi connectivity index (χ1v) is 12.9. The lowest BCUT2D eigenvalue weighted by Crippen LogP contribution is -2.36. The van der Waals surface area contributed by atoms with E-state index in [0.717, 1.165) is 18.4 Å². The summed E-state index contributed by atoms with van der Waals surface area (Å²) in [7, 11) is 3.08. The number of carbonyl (C=O) groups excluding carboxylic acids is 2. The van der Waals surface area contributed by atoms with E-state index in [1.165, 1.54) is 12.0 Å². The molecule has 8 nitrogen and oxygen atoms in total. The van der Waals surface area contributed by atoms with Crippen LogP contribution >= 0.6 is 0 Å². The average Bonchev–Trinajstić information content (AvgIpc) is 3.58. The Morgan fingerprint density at radius 3 is 2.41 bits per heavy atom. The Hall–Kier alpha value is -4.30. The zero-order valence-corrected chi connectivity index (χ0v) is 22.0. The van der Waals surface area contributed by atoms with Crippen LogP contribution in [-0.2, 0) is 20.9 Å². The van der Waals surface area contributed by atoms with Crippen molar-refractivity contribution in [3.05, 3.63) is 95.1 Å². The number of Topliss-reactive ketones (excluding diaryl/α,β-unsaturated/α-hetero) is 1. The van der Waals surface area contributed by atoms with Crippen LogP contribution in [-0.4, -0.2) is 55.2 Å². The normalized spacial score (nSPS) is 20.3. The van der Waals surface area contributed by atoms with Crippen molar-refractivity contribution in [1.82, 2.24) is 4.90 Å². The molecule has 0 bridgehead atoms. The monoisotopic (exact) mass is 529 g/mol. The van der Waals surface area contributed by atoms with E-state index in [1.807, 2.05) is 30.3 Å². The molecular weight excluding hydrogens is 498 g/mol. The molecule has 2 aliphatic heterocycles. The summed E-state index contributed by atoms with van der Waals surface area (Å²) in [5.74, 6) is -0.0764. The van der Waals surface area contributed by atoms with E-state index in [0.29, 0.717) is 41.6 Å². The molecule has 2 unspecified atom stereocenters. The molecule has 2 aliphatic rings. The molecular formula is C31H31NO7. The number of likely N-dealkylation sites (tertiary alicyclic amines) is 1. The van der Waals surface area contributed by atoms with Crippen molar-refractivity contribution < 1.29 is 33.6 Å². The molecule has 39 heavy (non-hydrogen) atoms. The second-order valence-electron chi connectivity index (χ2n) is 9.50. The van der Waals surface area contributed by atoms with Crippen LogP contribution in [0.1, 0.15) is 35.6 Å². The lowest BCUT2D eigenvalue weighted by atomic mass is 9.94. The number of rotatable bonds is 9. The van der Waals surface area contributed by atoms with E-state index in [9.17, 15) is 14.7 Å². The first-order valence-electron chi connectivity index (χ1n) is 12.9. The van der Waals surface area contributed by atoms with Crippen molar-refractivity contribution in [1.29, 1.82) is 0 Å². The molecule has 0 aromatic heterocycles. The minimum Gasteiger partial charge on any atom is -0.507 e. The predicted octanol–water partition coefficient (Wildman–Crippen LogP) is 4.88. The van der Waals surface area contributed by atoms with Gasteiger partial charge in [-0.15, -0.1) is 0 Å². The SMILES string of the molecule is COc1ccc(C(O)=C2C(=O)C(=O)N(CC3CCCO3)C2c2ccc(OCc3ccccc3)c(OC)c2)cc1. The molecule has 0 aliphatic carbocycles. The summed E-state index contributed by atoms with van der Waals surface area (Å²) < 4.78 is 22.6. The lowest BCUT2D eigenvalue weighted by molar-refractivity contribution is -0.140. The Morgan fingerprint density at radius 2 is 1.74 bits per heavy atom. The molecule has 0 spiro atoms. The van der Waals surface area contributed by atoms with Gasteiger partial charge in [-0.1, -0.05) is 36.4 Å². The quantitative estimate of drug-likeness (QED) is 0.240. The number of amides is 1. The van der Waals surface area contributed by atoms with Crippen LogP contribution in [0.2, 0.25) is 0 Å². The number of nitrogens with zero attached hydrogens (tertiary/aromatic N) is 1. The van der Waals surface area contributed by atoms with Crippen molar-refractivity contribution in [2.75, 3.05) is 27.4 Å². The Labute approximate surface area is 227 Å². The number of aliphatic hydroxyl groups excluding tert-OH is 1. The summed E-state index contributed by atoms with van der Waals surface area (Å²) in [6.45, 7) is 1.21. The maximum absolute atomic E-state index is 13.4. The number of carbonyl (C=O) groups is 2. The Morgan fingerprint density at radius 1 is 0.974 bits per heavy atom. The van der Waals surface area contributed by atoms with Crippen molar-refractivity contribution in [3.8, 4) is 17.2 Å². The average molecular weight is 530 g/mol. The number of methoxy groups -OCH3 is 2. The molecule has 2 saturated heterocycles. The van der Waals surface area contributed by atoms with Gasteiger partial charge in [0.15, 0.2) is 11.5 Å². The summed E-state index contributed by atoms with van der Waals surface area (Å²) in [6.07, 6.45) is 1.51. The van der Waals surface area contributed by atoms with Crippen LogP contribution in [0.5, 0.6) is 17.2 Å². The second-order valence-corrected chi connectivity index (χ2v) is 9.50. The number of hydrogen-bond acceptors (Lipinski definition) is 7. The Balaban J connectivity index is 1.54. The van der Waals surface area contributed by atoms with Crippen molar-refractivity contribution in [2.45, 2.75) is 31.6 Å². The minimum atomic E-state index is -0.826. The first kappa shape index (κ1) is 26.3. The standard InChI is InChI=1S/C31H31NO7/c1-36-23-13-10-21(11-14-23)29(33)27-28(32(31(35)30(27)34)18-24-9-6-16-38-24)22-12-15-25(26(17-22)37-2)39-19-20-7-4-3-5-8-20/h3-5,7-8,10-15,17,24,28,33H,6,9,16,18-19H2,1-2H3. The van der Waals surface area contributed by atoms with E-state index in [-0.39, 0.29) is 24.0 Å². The third kappa shape index (κ3) is 5.47. The summed E-state index contributed by atoms with van der Waals surface area (Å²) in [4.78, 5) is 28.2. The summed E-state index contributed by atoms with van der Waals surface area (Å²) in [5, 5.41) is 11.3. The predicted molar refractivity (Wildman–Crippen MR) is 145 cm³/mol. The van der Waals surface area contributed by atoms with Gasteiger partial charge in [0.05, 0.1) is 31.9 Å². The highest BCUT2D eigenvalue weighted by atomic mass is 16.5. The third-order valence-corrected chi connectivity index (χ3v) is 7.07. The van der Waals surface area contributed by atoms with Crippen LogP contribution < -0.4 is 14.2 Å². The number of ether oxygens (including phenoxy) is 4. The Kier molecular flexibility index (Phi) is 7.84. The largest absolute Gasteiger partial charge is 0.507 e. The molecule has 2 fully saturated rings. The van der Waals surface area contributed by atoms with E-state index in [1.54, 1.807) is 49.6 Å². The van der Waals surface area contributed by atoms with Crippen LogP contribution in [0.25, 0.3) is 5.76 Å². The molecule has 5 rings (SSSR count). The molecule has 2 atom stereocenters. The highest BCUT2D eigenvalue weighted by Crippen LogP contribution is 2.42. The highest BCUT2D eigenvalue weighted by molar-refractivity contribution is 6.46. The summed E-state index contributed by atoms with van der Waals surface area (Å²) in [6, 6.07) is 20.9. The van der Waals surface area contributed by atoms with Crippen molar-refractivity contribution >= 4 is 17.4 Å². The molecule has 1 amide bonds. The topological polar surface area (TPSA) is 94.5 Å². The fourth-order valence-corrected chi connectivity index (χ4v) is 5.04. The van der Waals surface area contributed by atoms with Gasteiger partial charge >= 0.3 is 0 Å². The van der Waals surface area contributed by atoms with Gasteiger partial charge in [0.1, 0.15) is 18.1 Å². The number of benzene rings is 3. The molecule has 3 aromatic rings. The van der Waals surface area contributed by atoms with Gasteiger partial charge in [-0.25, -0.2) is 0 Å². The zero-order chi connectivity index (χ0) is 27.4. The van der Waals surface area contributed by atoms with Crippen molar-refractivity contribution in [2.24, 2.45) is 0 Å². The first-order chi connectivity index (χ1) is 19.0. The van der Waals surface area contributed by atoms with Gasteiger partial charge in [-0.05, 0) is 60.4 Å². The van der Waals surface area contributed by atoms with E-state index in [4.69, 9.17) is 18.9 Å². The van der Waals surface area contributed by atoms with Crippen LogP contribution in [0.15, 0.2) is 78.4 Å². The summed E-state index contributed by atoms with van der Waals surface area (Å²) >= 11 is 0. The van der Waals surface area contributed by atoms with Gasteiger partial charge < -0.3 is 29.0 Å². The highest BCUT2D eigenvalue weighted by Gasteiger charge is 2.47. The van der Waals surface area contributed by atoms with Gasteiger partial charge in [0.25, 0.3) is 11.7 Å². The maximum Gasteiger partial charge on any atom is 0.295 e. The van der Waals surface area contributed by atoms with Gasteiger partial charge in [-0.3, -0.25) is 9.59 Å². The summed E-state index contributed by atoms with van der Waals surface area (Å²) in [5.41, 5.74) is 2.05. The number of hydrogen-bond donors (Lipinski definition) is 1. The molecule has 1 N–H and O–H groups in total. The second kappa shape index (κ2) is 11.6. The van der Waals surface area contributed by atoms with Crippen molar-refractivity contribution in [3.63, 3.8) is 0 Å². The number of aliphatic hydroxyl groups is 1. The number of ketones is 1. The molecule has 8 heteroatoms. The van der Waals surface area contributed by atoms with Crippen LogP contribution in [0.3, 0.4) is 0 Å². The molecule has 0 radical (unpaired) electrons. The third-order valence-electron chi connectivity index (χ3n) is 7.07. The van der Waals surface area contributed by atoms with Gasteiger partial charge in [0, 0.05) is 18.7 Å². The smallest absolute Gasteiger partial charge is 0.295 e. The van der Waals surface area contributed by atoms with Crippen LogP contribution in [0, 0.1) is 0 Å². The Bertz CT molecular complexity index is 1360. The van der Waals surface area contributed by atoms with Gasteiger partial charge in [0.2, 0.25) is 0 Å². The van der Waals surface area contributed by atoms with E-state index < -0.39 is 17.7 Å². The van der Waals surface area contributed by atoms with Crippen LogP contribution in [0.4, 0.5) is 0 Å². The fourth-order valence-electron chi connectivity index (χ4n) is 5.04. The maximum atomic E-state index is 13.4. The molecule has 3 aromatic carbocycles. The van der Waals surface area contributed by atoms with E-state index in [2.05, 4.69) is 0 Å².